The van der Waals surface area contributed by atoms with E-state index in [2.05, 4.69) is 35.4 Å². The fourth-order valence-electron chi connectivity index (χ4n) is 2.71. The van der Waals surface area contributed by atoms with E-state index in [0.717, 1.165) is 40.8 Å². The molecule has 4 nitrogen and oxygen atoms in total. The van der Waals surface area contributed by atoms with Crippen molar-refractivity contribution in [3.8, 4) is 0 Å². The number of esters is 1. The number of ether oxygens (including phenoxy) is 1. The number of hydrogen-bond acceptors (Lipinski definition) is 3. The molecule has 0 saturated heterocycles. The standard InChI is InChI=1S/C21H22N2O2/c1-3-4-13-25-21(24)16-9-11-17(12-10-16)23-20-14-15(2)22-19-8-6-5-7-18(19)20/h5-12,14H,3-4,13H2,1-2H3,(H,22,23)/p+1. The maximum absolute atomic E-state index is 12.0. The van der Waals surface area contributed by atoms with Gasteiger partial charge in [0.2, 0.25) is 5.52 Å². The second-order valence-corrected chi connectivity index (χ2v) is 6.10. The number of carbonyl (C=O) groups is 1. The lowest BCUT2D eigenvalue weighted by atomic mass is 10.1. The highest BCUT2D eigenvalue weighted by molar-refractivity contribution is 5.92. The Morgan fingerprint density at radius 1 is 1.12 bits per heavy atom. The molecule has 0 saturated carbocycles. The molecule has 1 aromatic heterocycles. The first-order valence-corrected chi connectivity index (χ1v) is 8.63. The number of hydrogen-bond donors (Lipinski definition) is 1. The summed E-state index contributed by atoms with van der Waals surface area (Å²) in [7, 11) is 0. The number of H-pyrrole nitrogens is 1. The second kappa shape index (κ2) is 7.79. The summed E-state index contributed by atoms with van der Waals surface area (Å²) in [6.07, 6.45) is 1.90. The molecule has 0 bridgehead atoms. The van der Waals surface area contributed by atoms with E-state index >= 15 is 0 Å². The van der Waals surface area contributed by atoms with Crippen molar-refractivity contribution in [3.63, 3.8) is 0 Å². The monoisotopic (exact) mass is 335 g/mol. The molecule has 0 atom stereocenters. The van der Waals surface area contributed by atoms with Crippen LogP contribution in [0.2, 0.25) is 0 Å². The van der Waals surface area contributed by atoms with Crippen LogP contribution in [0, 0.1) is 6.92 Å². The predicted octanol–water partition coefficient (Wildman–Crippen LogP) is 4.66. The van der Waals surface area contributed by atoms with Gasteiger partial charge in [-0.3, -0.25) is 0 Å². The van der Waals surface area contributed by atoms with Crippen LogP contribution in [0.25, 0.3) is 10.9 Å². The second-order valence-electron chi connectivity index (χ2n) is 6.10. The Bertz CT molecular complexity index is 873. The highest BCUT2D eigenvalue weighted by atomic mass is 16.5. The molecule has 0 spiro atoms. The van der Waals surface area contributed by atoms with Crippen LogP contribution < -0.4 is 10.3 Å². The number of benzene rings is 2. The molecule has 128 valence electrons. The van der Waals surface area contributed by atoms with Crippen molar-refractivity contribution in [2.75, 3.05) is 11.9 Å². The van der Waals surface area contributed by atoms with Gasteiger partial charge in [-0.15, -0.1) is 0 Å². The van der Waals surface area contributed by atoms with Crippen LogP contribution in [0.1, 0.15) is 35.8 Å². The number of pyridine rings is 1. The highest BCUT2D eigenvalue weighted by Gasteiger charge is 2.10. The molecule has 3 rings (SSSR count). The van der Waals surface area contributed by atoms with Crippen LogP contribution in [-0.2, 0) is 4.74 Å². The molecule has 4 heteroatoms. The lowest BCUT2D eigenvalue weighted by Gasteiger charge is -2.09. The molecule has 1 heterocycles. The first-order chi connectivity index (χ1) is 12.2. The lowest BCUT2D eigenvalue weighted by Crippen LogP contribution is -2.09. The number of aromatic amines is 1. The Morgan fingerprint density at radius 3 is 2.64 bits per heavy atom. The summed E-state index contributed by atoms with van der Waals surface area (Å²) in [5.74, 6) is -0.268. The first-order valence-electron chi connectivity index (χ1n) is 8.63. The Hall–Kier alpha value is -2.88. The fraction of sp³-hybridized carbons (Fsp3) is 0.238. The molecule has 3 aromatic rings. The predicted molar refractivity (Wildman–Crippen MR) is 100 cm³/mol. The minimum absolute atomic E-state index is 0.268. The molecule has 0 aliphatic carbocycles. The molecule has 0 radical (unpaired) electrons. The average molecular weight is 335 g/mol. The average Bonchev–Trinajstić information content (AvgIpc) is 2.62. The number of para-hydroxylation sites is 1. The van der Waals surface area contributed by atoms with Gasteiger partial charge in [0.25, 0.3) is 0 Å². The molecule has 0 amide bonds. The van der Waals surface area contributed by atoms with E-state index in [-0.39, 0.29) is 5.97 Å². The van der Waals surface area contributed by atoms with E-state index in [0.29, 0.717) is 12.2 Å². The third kappa shape index (κ3) is 4.15. The number of unbranched alkanes of at least 4 members (excludes halogenated alkanes) is 1. The van der Waals surface area contributed by atoms with Crippen molar-refractivity contribution in [2.24, 2.45) is 0 Å². The number of carbonyl (C=O) groups excluding carboxylic acids is 1. The van der Waals surface area contributed by atoms with Gasteiger partial charge in [0.1, 0.15) is 0 Å². The van der Waals surface area contributed by atoms with Crippen LogP contribution in [0.4, 0.5) is 11.4 Å². The molecule has 0 fully saturated rings. The highest BCUT2D eigenvalue weighted by Crippen LogP contribution is 2.25. The van der Waals surface area contributed by atoms with Gasteiger partial charge >= 0.3 is 5.97 Å². The number of anilines is 2. The van der Waals surface area contributed by atoms with E-state index in [1.165, 1.54) is 0 Å². The van der Waals surface area contributed by atoms with Crippen LogP contribution in [0.3, 0.4) is 0 Å². The number of aryl methyl sites for hydroxylation is 1. The Morgan fingerprint density at radius 2 is 1.88 bits per heavy atom. The number of aromatic nitrogens is 1. The lowest BCUT2D eigenvalue weighted by molar-refractivity contribution is -0.354. The summed E-state index contributed by atoms with van der Waals surface area (Å²) in [5.41, 5.74) is 4.70. The van der Waals surface area contributed by atoms with Crippen LogP contribution in [-0.4, -0.2) is 12.6 Å². The van der Waals surface area contributed by atoms with Gasteiger partial charge in [-0.05, 0) is 36.8 Å². The van der Waals surface area contributed by atoms with Gasteiger partial charge < -0.3 is 10.1 Å². The summed E-state index contributed by atoms with van der Waals surface area (Å²) < 4.78 is 5.24. The fourth-order valence-corrected chi connectivity index (χ4v) is 2.71. The maximum atomic E-state index is 12.0. The normalized spacial score (nSPS) is 10.6. The van der Waals surface area contributed by atoms with Crippen LogP contribution in [0.5, 0.6) is 0 Å². The Labute approximate surface area is 147 Å². The molecule has 0 aliphatic heterocycles. The summed E-state index contributed by atoms with van der Waals surface area (Å²) in [4.78, 5) is 15.3. The van der Waals surface area contributed by atoms with Crippen LogP contribution >= 0.6 is 0 Å². The largest absolute Gasteiger partial charge is 0.462 e. The SMILES string of the molecule is CCCCOC(=O)c1ccc(Nc2cc(C)[nH+]c3ccccc23)cc1. The maximum Gasteiger partial charge on any atom is 0.338 e. The van der Waals surface area contributed by atoms with Gasteiger partial charge in [0, 0.05) is 24.7 Å². The minimum Gasteiger partial charge on any atom is -0.462 e. The number of rotatable bonds is 6. The van der Waals surface area contributed by atoms with Crippen molar-refractivity contribution in [2.45, 2.75) is 26.7 Å². The van der Waals surface area contributed by atoms with Gasteiger partial charge in [-0.1, -0.05) is 25.5 Å². The van der Waals surface area contributed by atoms with Gasteiger partial charge in [0.15, 0.2) is 5.69 Å². The Balaban J connectivity index is 1.77. The Kier molecular flexibility index (Phi) is 5.29. The van der Waals surface area contributed by atoms with E-state index in [1.807, 2.05) is 31.2 Å². The van der Waals surface area contributed by atoms with E-state index in [9.17, 15) is 4.79 Å². The van der Waals surface area contributed by atoms with Crippen molar-refractivity contribution in [3.05, 3.63) is 65.9 Å². The van der Waals surface area contributed by atoms with E-state index in [1.54, 1.807) is 12.1 Å². The molecule has 25 heavy (non-hydrogen) atoms. The number of fused-ring (bicyclic) bond motifs is 1. The molecular weight excluding hydrogens is 312 g/mol. The van der Waals surface area contributed by atoms with Gasteiger partial charge in [0.05, 0.1) is 23.2 Å². The van der Waals surface area contributed by atoms with E-state index < -0.39 is 0 Å². The zero-order chi connectivity index (χ0) is 17.6. The summed E-state index contributed by atoms with van der Waals surface area (Å²) in [5, 5.41) is 4.56. The van der Waals surface area contributed by atoms with E-state index in [4.69, 9.17) is 4.74 Å². The van der Waals surface area contributed by atoms with Crippen molar-refractivity contribution < 1.29 is 14.5 Å². The minimum atomic E-state index is -0.268. The number of nitrogens with one attached hydrogen (secondary N) is 2. The molecular formula is C21H23N2O2+. The van der Waals surface area contributed by atoms with Crippen molar-refractivity contribution in [1.82, 2.24) is 0 Å². The molecule has 2 N–H and O–H groups in total. The third-order valence-corrected chi connectivity index (χ3v) is 4.04. The summed E-state index contributed by atoms with van der Waals surface area (Å²) in [6.45, 7) is 4.58. The van der Waals surface area contributed by atoms with Crippen molar-refractivity contribution in [1.29, 1.82) is 0 Å². The topological polar surface area (TPSA) is 52.5 Å². The molecule has 2 aromatic carbocycles. The zero-order valence-electron chi connectivity index (χ0n) is 14.6. The smallest absolute Gasteiger partial charge is 0.338 e. The zero-order valence-corrected chi connectivity index (χ0v) is 14.6. The van der Waals surface area contributed by atoms with Crippen LogP contribution in [0.15, 0.2) is 54.6 Å². The van der Waals surface area contributed by atoms with Crippen molar-refractivity contribution >= 4 is 28.2 Å². The molecule has 0 unspecified atom stereocenters. The van der Waals surface area contributed by atoms with Gasteiger partial charge in [-0.25, -0.2) is 9.78 Å². The molecule has 0 aliphatic rings. The van der Waals surface area contributed by atoms with Gasteiger partial charge in [-0.2, -0.15) is 0 Å². The summed E-state index contributed by atoms with van der Waals surface area (Å²) >= 11 is 0. The first kappa shape index (κ1) is 17.0. The summed E-state index contributed by atoms with van der Waals surface area (Å²) in [6, 6.07) is 17.6. The third-order valence-electron chi connectivity index (χ3n) is 4.04. The quantitative estimate of drug-likeness (QED) is 0.526.